The molecule has 0 amide bonds. The van der Waals surface area contributed by atoms with E-state index >= 15 is 0 Å². The molecule has 3 rings (SSSR count). The Morgan fingerprint density at radius 2 is 2.17 bits per heavy atom. The second-order valence-corrected chi connectivity index (χ2v) is 6.19. The van der Waals surface area contributed by atoms with Gasteiger partial charge in [0.05, 0.1) is 0 Å². The van der Waals surface area contributed by atoms with E-state index in [-0.39, 0.29) is 0 Å². The molecule has 2 heteroatoms. The zero-order chi connectivity index (χ0) is 12.4. The van der Waals surface area contributed by atoms with Crippen LogP contribution in [0.15, 0.2) is 30.3 Å². The van der Waals surface area contributed by atoms with Crippen LogP contribution in [-0.2, 0) is 6.54 Å². The highest BCUT2D eigenvalue weighted by Crippen LogP contribution is 2.39. The van der Waals surface area contributed by atoms with Gasteiger partial charge in [-0.15, -0.1) is 0 Å². The van der Waals surface area contributed by atoms with Gasteiger partial charge in [-0.3, -0.25) is 4.90 Å². The number of hydrogen-bond donors (Lipinski definition) is 1. The smallest absolute Gasteiger partial charge is 0.0233 e. The van der Waals surface area contributed by atoms with Gasteiger partial charge in [-0.25, -0.2) is 0 Å². The highest BCUT2D eigenvalue weighted by atomic mass is 15.2. The molecule has 1 aromatic carbocycles. The third-order valence-electron chi connectivity index (χ3n) is 4.91. The molecule has 1 N–H and O–H groups in total. The van der Waals surface area contributed by atoms with Crippen LogP contribution in [0.5, 0.6) is 0 Å². The Morgan fingerprint density at radius 1 is 1.33 bits per heavy atom. The monoisotopic (exact) mass is 244 g/mol. The van der Waals surface area contributed by atoms with Crippen LogP contribution in [0.1, 0.15) is 25.3 Å². The lowest BCUT2D eigenvalue weighted by Crippen LogP contribution is -2.46. The van der Waals surface area contributed by atoms with Crippen molar-refractivity contribution in [1.82, 2.24) is 10.2 Å². The lowest BCUT2D eigenvalue weighted by Gasteiger charge is -2.43. The Balaban J connectivity index is 1.67. The first-order chi connectivity index (χ1) is 8.78. The van der Waals surface area contributed by atoms with E-state index in [1.165, 1.54) is 44.6 Å². The molecule has 2 aliphatic rings. The summed E-state index contributed by atoms with van der Waals surface area (Å²) < 4.78 is 0. The number of likely N-dealkylation sites (tertiary alicyclic amines) is 1. The van der Waals surface area contributed by atoms with Crippen LogP contribution in [0.4, 0.5) is 0 Å². The minimum atomic E-state index is 0.549. The summed E-state index contributed by atoms with van der Waals surface area (Å²) in [4.78, 5) is 2.66. The summed E-state index contributed by atoms with van der Waals surface area (Å²) in [5, 5.41) is 3.59. The number of nitrogens with one attached hydrogen (secondary N) is 1. The number of hydrogen-bond acceptors (Lipinski definition) is 2. The van der Waals surface area contributed by atoms with E-state index in [0.29, 0.717) is 5.41 Å². The highest BCUT2D eigenvalue weighted by molar-refractivity contribution is 5.14. The molecule has 2 saturated heterocycles. The van der Waals surface area contributed by atoms with Crippen LogP contribution in [0.2, 0.25) is 0 Å². The van der Waals surface area contributed by atoms with Crippen molar-refractivity contribution in [3.05, 3.63) is 35.9 Å². The van der Waals surface area contributed by atoms with Gasteiger partial charge in [0.2, 0.25) is 0 Å². The first kappa shape index (κ1) is 12.2. The van der Waals surface area contributed by atoms with Gasteiger partial charge in [-0.2, -0.15) is 0 Å². The van der Waals surface area contributed by atoms with Crippen molar-refractivity contribution in [2.45, 2.75) is 26.3 Å². The van der Waals surface area contributed by atoms with Crippen LogP contribution in [0.25, 0.3) is 0 Å². The fourth-order valence-electron chi connectivity index (χ4n) is 3.71. The topological polar surface area (TPSA) is 15.3 Å². The van der Waals surface area contributed by atoms with Crippen LogP contribution in [-0.4, -0.2) is 31.1 Å². The van der Waals surface area contributed by atoms with E-state index in [1.54, 1.807) is 0 Å². The van der Waals surface area contributed by atoms with Gasteiger partial charge in [-0.05, 0) is 42.8 Å². The maximum absolute atomic E-state index is 3.59. The van der Waals surface area contributed by atoms with Crippen molar-refractivity contribution in [3.8, 4) is 0 Å². The molecule has 18 heavy (non-hydrogen) atoms. The molecule has 0 radical (unpaired) electrons. The van der Waals surface area contributed by atoms with Crippen molar-refractivity contribution < 1.29 is 0 Å². The standard InChI is InChI=1S/C16H24N2/c1-14-10-17-12-16(14)8-5-9-18(13-16)11-15-6-3-2-4-7-15/h2-4,6-7,14,17H,5,8-13H2,1H3. The third-order valence-corrected chi connectivity index (χ3v) is 4.91. The number of benzene rings is 1. The van der Waals surface area contributed by atoms with E-state index in [9.17, 15) is 0 Å². The number of nitrogens with zero attached hydrogens (tertiary/aromatic N) is 1. The summed E-state index contributed by atoms with van der Waals surface area (Å²) in [5.41, 5.74) is 2.00. The van der Waals surface area contributed by atoms with Gasteiger partial charge in [0, 0.05) is 19.6 Å². The Kier molecular flexibility index (Phi) is 3.40. The summed E-state index contributed by atoms with van der Waals surface area (Å²) in [6, 6.07) is 10.9. The van der Waals surface area contributed by atoms with Gasteiger partial charge < -0.3 is 5.32 Å². The average Bonchev–Trinajstić information content (AvgIpc) is 2.72. The van der Waals surface area contributed by atoms with Crippen LogP contribution in [0.3, 0.4) is 0 Å². The molecule has 1 aromatic rings. The number of rotatable bonds is 2. The van der Waals surface area contributed by atoms with Crippen LogP contribution >= 0.6 is 0 Å². The minimum absolute atomic E-state index is 0.549. The zero-order valence-electron chi connectivity index (χ0n) is 11.4. The second-order valence-electron chi connectivity index (χ2n) is 6.19. The van der Waals surface area contributed by atoms with Gasteiger partial charge in [0.25, 0.3) is 0 Å². The molecule has 0 aromatic heterocycles. The van der Waals surface area contributed by atoms with Gasteiger partial charge in [-0.1, -0.05) is 37.3 Å². The average molecular weight is 244 g/mol. The second kappa shape index (κ2) is 5.02. The lowest BCUT2D eigenvalue weighted by molar-refractivity contribution is 0.0678. The lowest BCUT2D eigenvalue weighted by atomic mass is 9.73. The van der Waals surface area contributed by atoms with E-state index in [1.807, 2.05) is 0 Å². The normalized spacial score (nSPS) is 33.1. The van der Waals surface area contributed by atoms with E-state index < -0.39 is 0 Å². The largest absolute Gasteiger partial charge is 0.316 e. The Hall–Kier alpha value is -0.860. The first-order valence-corrected chi connectivity index (χ1v) is 7.25. The highest BCUT2D eigenvalue weighted by Gasteiger charge is 2.42. The molecule has 0 saturated carbocycles. The summed E-state index contributed by atoms with van der Waals surface area (Å²) in [5.74, 6) is 0.830. The zero-order valence-corrected chi connectivity index (χ0v) is 11.4. The maximum atomic E-state index is 3.59. The Labute approximate surface area is 110 Å². The number of piperidine rings is 1. The summed E-state index contributed by atoms with van der Waals surface area (Å²) in [7, 11) is 0. The first-order valence-electron chi connectivity index (χ1n) is 7.25. The fraction of sp³-hybridized carbons (Fsp3) is 0.625. The van der Waals surface area contributed by atoms with E-state index in [4.69, 9.17) is 0 Å². The van der Waals surface area contributed by atoms with Crippen molar-refractivity contribution in [3.63, 3.8) is 0 Å². The molecular formula is C16H24N2. The van der Waals surface area contributed by atoms with Crippen molar-refractivity contribution in [2.24, 2.45) is 11.3 Å². The summed E-state index contributed by atoms with van der Waals surface area (Å²) in [6.45, 7) is 8.51. The van der Waals surface area contributed by atoms with E-state index in [2.05, 4.69) is 47.5 Å². The molecule has 2 fully saturated rings. The molecule has 2 nitrogen and oxygen atoms in total. The molecule has 2 atom stereocenters. The quantitative estimate of drug-likeness (QED) is 0.860. The molecule has 0 bridgehead atoms. The summed E-state index contributed by atoms with van der Waals surface area (Å²) in [6.07, 6.45) is 2.77. The molecule has 1 spiro atoms. The molecule has 2 unspecified atom stereocenters. The molecule has 2 aliphatic heterocycles. The van der Waals surface area contributed by atoms with Crippen molar-refractivity contribution in [1.29, 1.82) is 0 Å². The Bertz CT molecular complexity index is 389. The maximum Gasteiger partial charge on any atom is 0.0233 e. The van der Waals surface area contributed by atoms with Gasteiger partial charge in [0.15, 0.2) is 0 Å². The minimum Gasteiger partial charge on any atom is -0.316 e. The fourth-order valence-corrected chi connectivity index (χ4v) is 3.71. The van der Waals surface area contributed by atoms with Gasteiger partial charge >= 0.3 is 0 Å². The van der Waals surface area contributed by atoms with Crippen LogP contribution < -0.4 is 5.32 Å². The molecule has 98 valence electrons. The van der Waals surface area contributed by atoms with Crippen LogP contribution in [0, 0.1) is 11.3 Å². The third kappa shape index (κ3) is 2.32. The van der Waals surface area contributed by atoms with Gasteiger partial charge in [0.1, 0.15) is 0 Å². The summed E-state index contributed by atoms with van der Waals surface area (Å²) >= 11 is 0. The molecular weight excluding hydrogens is 220 g/mol. The SMILES string of the molecule is CC1CNCC12CCCN(Cc1ccccc1)C2. The predicted molar refractivity (Wildman–Crippen MR) is 75.4 cm³/mol. The van der Waals surface area contributed by atoms with Crippen molar-refractivity contribution >= 4 is 0 Å². The Morgan fingerprint density at radius 3 is 2.89 bits per heavy atom. The molecule has 0 aliphatic carbocycles. The van der Waals surface area contributed by atoms with Crippen molar-refractivity contribution in [2.75, 3.05) is 26.2 Å². The molecule has 2 heterocycles. The predicted octanol–water partition coefficient (Wildman–Crippen LogP) is 2.51. The van der Waals surface area contributed by atoms with E-state index in [0.717, 1.165) is 12.5 Å².